The van der Waals surface area contributed by atoms with Gasteiger partial charge in [0.1, 0.15) is 5.69 Å². The number of rotatable bonds is 2. The Morgan fingerprint density at radius 1 is 1.19 bits per heavy atom. The van der Waals surface area contributed by atoms with Crippen LogP contribution in [0.3, 0.4) is 0 Å². The van der Waals surface area contributed by atoms with Crippen LogP contribution in [0.4, 0.5) is 0 Å². The van der Waals surface area contributed by atoms with Crippen LogP contribution >= 0.6 is 0 Å². The lowest BCUT2D eigenvalue weighted by molar-refractivity contribution is 0.0704. The largest absolute Gasteiger partial charge is 0.331 e. The first-order valence-electron chi connectivity index (χ1n) is 9.49. The molecule has 1 amide bonds. The molecule has 2 aliphatic rings. The van der Waals surface area contributed by atoms with Crippen molar-refractivity contribution in [2.75, 3.05) is 7.05 Å². The molecular formula is C22H22N4O. The predicted molar refractivity (Wildman–Crippen MR) is 104 cm³/mol. The molecule has 5 heteroatoms. The van der Waals surface area contributed by atoms with Gasteiger partial charge >= 0.3 is 0 Å². The Morgan fingerprint density at radius 2 is 2.00 bits per heavy atom. The molecule has 27 heavy (non-hydrogen) atoms. The summed E-state index contributed by atoms with van der Waals surface area (Å²) in [6, 6.07) is 12.5. The number of nitrogens with zero attached hydrogens (tertiary/aromatic N) is 4. The van der Waals surface area contributed by atoms with Gasteiger partial charge in [0, 0.05) is 30.1 Å². The summed E-state index contributed by atoms with van der Waals surface area (Å²) in [7, 11) is 1.92. The molecule has 0 saturated heterocycles. The van der Waals surface area contributed by atoms with E-state index in [9.17, 15) is 4.79 Å². The van der Waals surface area contributed by atoms with E-state index in [1.165, 1.54) is 5.56 Å². The highest BCUT2D eigenvalue weighted by Gasteiger charge is 2.53. The van der Waals surface area contributed by atoms with E-state index in [2.05, 4.69) is 36.2 Å². The average Bonchev–Trinajstić information content (AvgIpc) is 3.39. The van der Waals surface area contributed by atoms with E-state index < -0.39 is 0 Å². The van der Waals surface area contributed by atoms with Crippen LogP contribution in [0.1, 0.15) is 47.2 Å². The summed E-state index contributed by atoms with van der Waals surface area (Å²) in [4.78, 5) is 19.5. The molecule has 1 aliphatic heterocycles. The lowest BCUT2D eigenvalue weighted by Crippen LogP contribution is -2.36. The molecule has 0 atom stereocenters. The number of aryl methyl sites for hydroxylation is 2. The van der Waals surface area contributed by atoms with Gasteiger partial charge in [-0.2, -0.15) is 5.10 Å². The first-order valence-corrected chi connectivity index (χ1v) is 9.49. The van der Waals surface area contributed by atoms with Gasteiger partial charge in [-0.25, -0.2) is 4.68 Å². The van der Waals surface area contributed by atoms with Gasteiger partial charge in [-0.1, -0.05) is 25.1 Å². The fraction of sp³-hybridized carbons (Fsp3) is 0.318. The topological polar surface area (TPSA) is 51.0 Å². The molecular weight excluding hydrogens is 336 g/mol. The van der Waals surface area contributed by atoms with Crippen LogP contribution in [0.2, 0.25) is 0 Å². The molecule has 0 N–H and O–H groups in total. The molecule has 3 heterocycles. The van der Waals surface area contributed by atoms with Gasteiger partial charge in [-0.3, -0.25) is 9.78 Å². The third kappa shape index (κ3) is 2.21. The SMILES string of the molecule is CCc1cc2n(n1)-c1cc(-c3cccnc3C)ccc1C1(CC1)N(C)C2=O. The third-order valence-electron chi connectivity index (χ3n) is 6.06. The van der Waals surface area contributed by atoms with Gasteiger partial charge < -0.3 is 4.90 Å². The second kappa shape index (κ2) is 5.52. The summed E-state index contributed by atoms with van der Waals surface area (Å²) in [6.07, 6.45) is 4.62. The van der Waals surface area contributed by atoms with Crippen molar-refractivity contribution in [2.24, 2.45) is 0 Å². The van der Waals surface area contributed by atoms with Crippen molar-refractivity contribution in [1.29, 1.82) is 0 Å². The molecule has 0 radical (unpaired) electrons. The Balaban J connectivity index is 1.79. The van der Waals surface area contributed by atoms with Crippen LogP contribution in [-0.2, 0) is 12.0 Å². The highest BCUT2D eigenvalue weighted by molar-refractivity contribution is 5.95. The van der Waals surface area contributed by atoms with Gasteiger partial charge in [0.05, 0.1) is 16.9 Å². The number of amides is 1. The minimum Gasteiger partial charge on any atom is -0.331 e. The monoisotopic (exact) mass is 358 g/mol. The molecule has 136 valence electrons. The van der Waals surface area contributed by atoms with Crippen LogP contribution < -0.4 is 0 Å². The Hall–Kier alpha value is -2.95. The zero-order valence-electron chi connectivity index (χ0n) is 15.9. The van der Waals surface area contributed by atoms with E-state index in [0.29, 0.717) is 5.69 Å². The number of fused-ring (bicyclic) bond motifs is 4. The molecule has 0 unspecified atom stereocenters. The maximum absolute atomic E-state index is 13.2. The number of hydrogen-bond donors (Lipinski definition) is 0. The number of pyridine rings is 1. The van der Waals surface area contributed by atoms with Crippen molar-refractivity contribution in [2.45, 2.75) is 38.6 Å². The van der Waals surface area contributed by atoms with Crippen LogP contribution in [-0.4, -0.2) is 32.6 Å². The van der Waals surface area contributed by atoms with Gasteiger partial charge in [0.15, 0.2) is 0 Å². The smallest absolute Gasteiger partial charge is 0.273 e. The lowest BCUT2D eigenvalue weighted by Gasteiger charge is -2.27. The number of benzene rings is 1. The molecule has 3 aromatic rings. The molecule has 2 aromatic heterocycles. The second-order valence-electron chi connectivity index (χ2n) is 7.55. The number of carbonyl (C=O) groups excluding carboxylic acids is 1. The summed E-state index contributed by atoms with van der Waals surface area (Å²) in [5, 5.41) is 4.76. The predicted octanol–water partition coefficient (Wildman–Crippen LogP) is 3.88. The summed E-state index contributed by atoms with van der Waals surface area (Å²) in [5.74, 6) is 0.0509. The van der Waals surface area contributed by atoms with Crippen LogP contribution in [0, 0.1) is 6.92 Å². The zero-order chi connectivity index (χ0) is 18.8. The average molecular weight is 358 g/mol. The summed E-state index contributed by atoms with van der Waals surface area (Å²) < 4.78 is 1.86. The van der Waals surface area contributed by atoms with E-state index in [4.69, 9.17) is 5.10 Å². The molecule has 1 aromatic carbocycles. The Morgan fingerprint density at radius 3 is 2.70 bits per heavy atom. The molecule has 1 aliphatic carbocycles. The van der Waals surface area contributed by atoms with Crippen molar-refractivity contribution in [3.8, 4) is 16.8 Å². The number of hydrogen-bond acceptors (Lipinski definition) is 3. The highest BCUT2D eigenvalue weighted by atomic mass is 16.2. The van der Waals surface area contributed by atoms with Crippen molar-refractivity contribution in [1.82, 2.24) is 19.7 Å². The van der Waals surface area contributed by atoms with Crippen molar-refractivity contribution in [3.63, 3.8) is 0 Å². The maximum atomic E-state index is 13.2. The van der Waals surface area contributed by atoms with Gasteiger partial charge in [-0.05, 0) is 49.9 Å². The van der Waals surface area contributed by atoms with Crippen LogP contribution in [0.25, 0.3) is 16.8 Å². The van der Waals surface area contributed by atoms with Crippen molar-refractivity contribution < 1.29 is 4.79 Å². The van der Waals surface area contributed by atoms with E-state index in [-0.39, 0.29) is 11.4 Å². The normalized spacial score (nSPS) is 16.9. The highest BCUT2D eigenvalue weighted by Crippen LogP contribution is 2.54. The zero-order valence-corrected chi connectivity index (χ0v) is 15.9. The van der Waals surface area contributed by atoms with Crippen molar-refractivity contribution >= 4 is 5.91 Å². The third-order valence-corrected chi connectivity index (χ3v) is 6.06. The Labute approximate surface area is 158 Å². The molecule has 1 spiro atoms. The summed E-state index contributed by atoms with van der Waals surface area (Å²) >= 11 is 0. The van der Waals surface area contributed by atoms with Crippen molar-refractivity contribution in [3.05, 3.63) is 65.2 Å². The second-order valence-corrected chi connectivity index (χ2v) is 7.55. The molecule has 0 bridgehead atoms. The van der Waals surface area contributed by atoms with Gasteiger partial charge in [-0.15, -0.1) is 0 Å². The Kier molecular flexibility index (Phi) is 3.32. The van der Waals surface area contributed by atoms with Gasteiger partial charge in [0.25, 0.3) is 5.91 Å². The quantitative estimate of drug-likeness (QED) is 0.698. The Bertz CT molecular complexity index is 1080. The molecule has 5 nitrogen and oxygen atoms in total. The van der Waals surface area contributed by atoms with Gasteiger partial charge in [0.2, 0.25) is 0 Å². The number of carbonyl (C=O) groups is 1. The lowest BCUT2D eigenvalue weighted by atomic mass is 9.96. The van der Waals surface area contributed by atoms with E-state index in [1.807, 2.05) is 41.9 Å². The maximum Gasteiger partial charge on any atom is 0.273 e. The fourth-order valence-corrected chi connectivity index (χ4v) is 4.27. The minimum absolute atomic E-state index is 0.0509. The fourth-order valence-electron chi connectivity index (χ4n) is 4.27. The minimum atomic E-state index is -0.192. The first-order chi connectivity index (χ1) is 13.0. The summed E-state index contributed by atoms with van der Waals surface area (Å²) in [6.45, 7) is 4.09. The molecule has 1 saturated carbocycles. The van der Waals surface area contributed by atoms with E-state index >= 15 is 0 Å². The van der Waals surface area contributed by atoms with E-state index in [0.717, 1.165) is 47.5 Å². The summed E-state index contributed by atoms with van der Waals surface area (Å²) in [5.41, 5.74) is 6.81. The van der Waals surface area contributed by atoms with Crippen LogP contribution in [0.5, 0.6) is 0 Å². The molecule has 5 rings (SSSR count). The standard InChI is InChI=1S/C22H22N4O/c1-4-16-13-20-21(27)25(3)22(9-10-22)18-8-7-15(12-19(18)26(20)24-16)17-6-5-11-23-14(17)2/h5-8,11-13H,4,9-10H2,1-3H3. The first kappa shape index (κ1) is 16.2. The molecule has 1 fully saturated rings. The van der Waals surface area contributed by atoms with E-state index in [1.54, 1.807) is 0 Å². The van der Waals surface area contributed by atoms with Crippen LogP contribution in [0.15, 0.2) is 42.6 Å². The number of aromatic nitrogens is 3.